The first-order valence-corrected chi connectivity index (χ1v) is 6.71. The molecule has 0 aliphatic heterocycles. The van der Waals surface area contributed by atoms with Gasteiger partial charge in [-0.25, -0.2) is 4.79 Å². The van der Waals surface area contributed by atoms with Gasteiger partial charge in [-0.1, -0.05) is 19.1 Å². The Hall–Kier alpha value is -2.35. The number of nitrogens with one attached hydrogen (secondary N) is 1. The minimum absolute atomic E-state index is 0.412. The Morgan fingerprint density at radius 2 is 1.90 bits per heavy atom. The summed E-state index contributed by atoms with van der Waals surface area (Å²) in [6, 6.07) is 8.28. The average molecular weight is 288 g/mol. The third-order valence-electron chi connectivity index (χ3n) is 2.81. The smallest absolute Gasteiger partial charge is 0.408 e. The zero-order valence-corrected chi connectivity index (χ0v) is 12.7. The molecule has 1 rings (SSSR count). The number of carbonyl (C=O) groups is 2. The molecule has 1 N–H and O–H groups in total. The number of hydrogen-bond donors (Lipinski definition) is 1. The number of benzene rings is 1. The van der Waals surface area contributed by atoms with Crippen LogP contribution in [0.3, 0.4) is 0 Å². The molecular formula is C16H20N2O3. The van der Waals surface area contributed by atoms with Gasteiger partial charge < -0.3 is 14.8 Å². The Morgan fingerprint density at radius 3 is 2.33 bits per heavy atom. The van der Waals surface area contributed by atoms with E-state index in [-0.39, 0.29) is 0 Å². The van der Waals surface area contributed by atoms with Gasteiger partial charge in [-0.2, -0.15) is 5.26 Å². The van der Waals surface area contributed by atoms with Gasteiger partial charge in [-0.05, 0) is 38.5 Å². The fourth-order valence-electron chi connectivity index (χ4n) is 1.80. The summed E-state index contributed by atoms with van der Waals surface area (Å²) in [4.78, 5) is 22.9. The average Bonchev–Trinajstić information content (AvgIpc) is 2.42. The SMILES string of the molecule is CC(C=O)C(NC(=O)OC(C)(C)C)c1ccc(C#N)cc1. The second kappa shape index (κ2) is 6.89. The standard InChI is InChI=1S/C16H20N2O3/c1-11(10-19)14(18-15(20)21-16(2,3)4)13-7-5-12(9-17)6-8-13/h5-8,10-11,14H,1-4H3,(H,18,20). The Morgan fingerprint density at radius 1 is 1.33 bits per heavy atom. The molecule has 0 radical (unpaired) electrons. The molecule has 0 aliphatic carbocycles. The number of hydrogen-bond acceptors (Lipinski definition) is 4. The Bertz CT molecular complexity index is 538. The van der Waals surface area contributed by atoms with Crippen molar-refractivity contribution < 1.29 is 14.3 Å². The Labute approximate surface area is 124 Å². The van der Waals surface area contributed by atoms with Crippen molar-refractivity contribution in [1.29, 1.82) is 5.26 Å². The lowest BCUT2D eigenvalue weighted by atomic mass is 9.95. The van der Waals surface area contributed by atoms with Gasteiger partial charge >= 0.3 is 6.09 Å². The van der Waals surface area contributed by atoms with Crippen LogP contribution in [-0.2, 0) is 9.53 Å². The Kier molecular flexibility index (Phi) is 5.48. The summed E-state index contributed by atoms with van der Waals surface area (Å²) in [5, 5.41) is 11.5. The monoisotopic (exact) mass is 288 g/mol. The van der Waals surface area contributed by atoms with Crippen molar-refractivity contribution >= 4 is 12.4 Å². The van der Waals surface area contributed by atoms with E-state index in [1.807, 2.05) is 6.07 Å². The number of carbonyl (C=O) groups excluding carboxylic acids is 2. The van der Waals surface area contributed by atoms with Gasteiger partial charge in [-0.3, -0.25) is 0 Å². The molecule has 1 amide bonds. The first-order chi connectivity index (χ1) is 9.76. The summed E-state index contributed by atoms with van der Waals surface area (Å²) in [6.45, 7) is 7.03. The van der Waals surface area contributed by atoms with Crippen molar-refractivity contribution in [3.63, 3.8) is 0 Å². The zero-order chi connectivity index (χ0) is 16.0. The molecule has 5 heteroatoms. The van der Waals surface area contributed by atoms with E-state index in [2.05, 4.69) is 5.32 Å². The summed E-state index contributed by atoms with van der Waals surface area (Å²) in [5.41, 5.74) is 0.664. The van der Waals surface area contributed by atoms with Crippen LogP contribution in [0.25, 0.3) is 0 Å². The maximum Gasteiger partial charge on any atom is 0.408 e. The second-order valence-corrected chi connectivity index (χ2v) is 5.85. The molecule has 0 aliphatic rings. The topological polar surface area (TPSA) is 79.2 Å². The summed E-state index contributed by atoms with van der Waals surface area (Å²) in [7, 11) is 0. The summed E-state index contributed by atoms with van der Waals surface area (Å²) in [6.07, 6.45) is 0.200. The van der Waals surface area contributed by atoms with Crippen LogP contribution in [0.2, 0.25) is 0 Å². The predicted molar refractivity (Wildman–Crippen MR) is 78.5 cm³/mol. The summed E-state index contributed by atoms with van der Waals surface area (Å²) < 4.78 is 5.21. The van der Waals surface area contributed by atoms with Gasteiger partial charge in [0.25, 0.3) is 0 Å². The van der Waals surface area contributed by atoms with E-state index < -0.39 is 23.7 Å². The molecule has 0 aromatic heterocycles. The Balaban J connectivity index is 2.93. The first-order valence-electron chi connectivity index (χ1n) is 6.71. The van der Waals surface area contributed by atoms with Crippen LogP contribution in [0, 0.1) is 17.2 Å². The number of aldehydes is 1. The lowest BCUT2D eigenvalue weighted by molar-refractivity contribution is -0.111. The van der Waals surface area contributed by atoms with Crippen LogP contribution in [0.5, 0.6) is 0 Å². The molecule has 5 nitrogen and oxygen atoms in total. The van der Waals surface area contributed by atoms with Crippen LogP contribution in [0.4, 0.5) is 4.79 Å². The largest absolute Gasteiger partial charge is 0.444 e. The van der Waals surface area contributed by atoms with Crippen molar-refractivity contribution in [2.45, 2.75) is 39.3 Å². The highest BCUT2D eigenvalue weighted by Gasteiger charge is 2.24. The van der Waals surface area contributed by atoms with Crippen LogP contribution in [-0.4, -0.2) is 18.0 Å². The van der Waals surface area contributed by atoms with Crippen LogP contribution >= 0.6 is 0 Å². The van der Waals surface area contributed by atoms with E-state index in [4.69, 9.17) is 10.00 Å². The van der Waals surface area contributed by atoms with E-state index in [1.165, 1.54) is 0 Å². The molecule has 0 heterocycles. The normalized spacial score (nSPS) is 13.7. The molecule has 0 spiro atoms. The van der Waals surface area contributed by atoms with E-state index in [9.17, 15) is 9.59 Å². The molecule has 112 valence electrons. The first kappa shape index (κ1) is 16.7. The van der Waals surface area contributed by atoms with Crippen molar-refractivity contribution in [3.8, 4) is 6.07 Å². The zero-order valence-electron chi connectivity index (χ0n) is 12.7. The van der Waals surface area contributed by atoms with Gasteiger partial charge in [0.2, 0.25) is 0 Å². The molecule has 2 unspecified atom stereocenters. The fraction of sp³-hybridized carbons (Fsp3) is 0.438. The maximum absolute atomic E-state index is 11.9. The van der Waals surface area contributed by atoms with Gasteiger partial charge in [0, 0.05) is 5.92 Å². The molecule has 1 aromatic carbocycles. The fourth-order valence-corrected chi connectivity index (χ4v) is 1.80. The van der Waals surface area contributed by atoms with E-state index in [0.29, 0.717) is 5.56 Å². The van der Waals surface area contributed by atoms with Crippen LogP contribution in [0.15, 0.2) is 24.3 Å². The van der Waals surface area contributed by atoms with E-state index in [0.717, 1.165) is 11.8 Å². The summed E-state index contributed by atoms with van der Waals surface area (Å²) >= 11 is 0. The maximum atomic E-state index is 11.9. The van der Waals surface area contributed by atoms with Crippen LogP contribution < -0.4 is 5.32 Å². The molecule has 0 bridgehead atoms. The highest BCUT2D eigenvalue weighted by molar-refractivity contribution is 5.69. The lowest BCUT2D eigenvalue weighted by Crippen LogP contribution is -2.37. The van der Waals surface area contributed by atoms with Crippen molar-refractivity contribution in [2.75, 3.05) is 0 Å². The van der Waals surface area contributed by atoms with Crippen molar-refractivity contribution in [2.24, 2.45) is 5.92 Å². The van der Waals surface area contributed by atoms with Gasteiger partial charge in [0.15, 0.2) is 0 Å². The van der Waals surface area contributed by atoms with Gasteiger partial charge in [0.1, 0.15) is 11.9 Å². The van der Waals surface area contributed by atoms with Crippen molar-refractivity contribution in [3.05, 3.63) is 35.4 Å². The van der Waals surface area contributed by atoms with Crippen LogP contribution in [0.1, 0.15) is 44.9 Å². The third kappa shape index (κ3) is 5.27. The molecule has 21 heavy (non-hydrogen) atoms. The highest BCUT2D eigenvalue weighted by Crippen LogP contribution is 2.22. The molecule has 0 saturated heterocycles. The molecule has 0 fully saturated rings. The highest BCUT2D eigenvalue weighted by atomic mass is 16.6. The number of ether oxygens (including phenoxy) is 1. The number of nitriles is 1. The minimum Gasteiger partial charge on any atom is -0.444 e. The van der Waals surface area contributed by atoms with Crippen molar-refractivity contribution in [1.82, 2.24) is 5.32 Å². The van der Waals surface area contributed by atoms with Gasteiger partial charge in [-0.15, -0.1) is 0 Å². The quantitative estimate of drug-likeness (QED) is 0.864. The minimum atomic E-state index is -0.607. The lowest BCUT2D eigenvalue weighted by Gasteiger charge is -2.25. The predicted octanol–water partition coefficient (Wildman–Crippen LogP) is 2.96. The van der Waals surface area contributed by atoms with Gasteiger partial charge in [0.05, 0.1) is 17.7 Å². The summed E-state index contributed by atoms with van der Waals surface area (Å²) in [5.74, 6) is -0.412. The van der Waals surface area contributed by atoms with E-state index >= 15 is 0 Å². The number of alkyl carbamates (subject to hydrolysis) is 1. The van der Waals surface area contributed by atoms with E-state index in [1.54, 1.807) is 52.0 Å². The molecule has 0 saturated carbocycles. The number of amides is 1. The molecule has 2 atom stereocenters. The second-order valence-electron chi connectivity index (χ2n) is 5.85. The number of rotatable bonds is 4. The molecule has 1 aromatic rings. The third-order valence-corrected chi connectivity index (χ3v) is 2.81. The molecular weight excluding hydrogens is 268 g/mol. The number of nitrogens with zero attached hydrogens (tertiary/aromatic N) is 1.